The number of anilines is 1. The van der Waals surface area contributed by atoms with Gasteiger partial charge in [0.1, 0.15) is 5.56 Å². The summed E-state index contributed by atoms with van der Waals surface area (Å²) in [6.07, 6.45) is 1.52. The first-order valence-corrected chi connectivity index (χ1v) is 6.67. The Morgan fingerprint density at radius 2 is 2.20 bits per heavy atom. The van der Waals surface area contributed by atoms with E-state index in [0.29, 0.717) is 23.7 Å². The lowest BCUT2D eigenvalue weighted by Crippen LogP contribution is -2.12. The first-order chi connectivity index (χ1) is 9.63. The van der Waals surface area contributed by atoms with Crippen molar-refractivity contribution in [3.63, 3.8) is 0 Å². The molecule has 5 nitrogen and oxygen atoms in total. The molecule has 106 valence electrons. The summed E-state index contributed by atoms with van der Waals surface area (Å²) in [6, 6.07) is 7.44. The van der Waals surface area contributed by atoms with Gasteiger partial charge < -0.3 is 10.1 Å². The molecular formula is C14H16ClN3O2. The van der Waals surface area contributed by atoms with E-state index in [1.54, 1.807) is 24.7 Å². The average molecular weight is 294 g/mol. The maximum absolute atomic E-state index is 11.8. The number of hydrogen-bond acceptors (Lipinski definition) is 4. The van der Waals surface area contributed by atoms with Crippen LogP contribution in [0.15, 0.2) is 30.5 Å². The number of aromatic nitrogens is 2. The molecule has 0 unspecified atom stereocenters. The summed E-state index contributed by atoms with van der Waals surface area (Å²) >= 11 is 6.08. The van der Waals surface area contributed by atoms with Crippen LogP contribution in [0.4, 0.5) is 5.69 Å². The fourth-order valence-electron chi connectivity index (χ4n) is 1.84. The van der Waals surface area contributed by atoms with Gasteiger partial charge in [0.15, 0.2) is 0 Å². The lowest BCUT2D eigenvalue weighted by Gasteiger charge is -2.10. The van der Waals surface area contributed by atoms with Gasteiger partial charge in [-0.05, 0) is 19.1 Å². The van der Waals surface area contributed by atoms with E-state index in [2.05, 4.69) is 10.4 Å². The van der Waals surface area contributed by atoms with Crippen LogP contribution in [0.25, 0.3) is 0 Å². The number of hydrogen-bond donors (Lipinski definition) is 1. The molecule has 1 aromatic heterocycles. The van der Waals surface area contributed by atoms with Crippen LogP contribution in [-0.2, 0) is 18.3 Å². The maximum Gasteiger partial charge on any atom is 0.341 e. The highest BCUT2D eigenvalue weighted by atomic mass is 35.5. The fraction of sp³-hybridized carbons (Fsp3) is 0.286. The van der Waals surface area contributed by atoms with Gasteiger partial charge >= 0.3 is 5.97 Å². The Hall–Kier alpha value is -2.01. The second-order valence-electron chi connectivity index (χ2n) is 4.18. The van der Waals surface area contributed by atoms with Crippen molar-refractivity contribution in [2.45, 2.75) is 13.5 Å². The Morgan fingerprint density at radius 1 is 1.45 bits per heavy atom. The second kappa shape index (κ2) is 6.43. The molecule has 0 fully saturated rings. The molecule has 20 heavy (non-hydrogen) atoms. The summed E-state index contributed by atoms with van der Waals surface area (Å²) in [5, 5.41) is 7.92. The number of rotatable bonds is 5. The number of benzene rings is 1. The van der Waals surface area contributed by atoms with E-state index in [1.807, 2.05) is 18.2 Å². The lowest BCUT2D eigenvalue weighted by atomic mass is 10.2. The van der Waals surface area contributed by atoms with Gasteiger partial charge in [0, 0.05) is 7.05 Å². The number of carbonyl (C=O) groups excluding carboxylic acids is 1. The topological polar surface area (TPSA) is 56.1 Å². The highest BCUT2D eigenvalue weighted by Gasteiger charge is 2.17. The third-order valence-corrected chi connectivity index (χ3v) is 3.21. The van der Waals surface area contributed by atoms with Crippen LogP contribution in [-0.4, -0.2) is 22.4 Å². The van der Waals surface area contributed by atoms with Gasteiger partial charge in [-0.25, -0.2) is 4.79 Å². The standard InChI is InChI=1S/C14H16ClN3O2/c1-3-20-14(19)10-8-17-18(2)13(10)9-16-12-7-5-4-6-11(12)15/h4-8,16H,3,9H2,1-2H3. The van der Waals surface area contributed by atoms with E-state index in [4.69, 9.17) is 16.3 Å². The quantitative estimate of drug-likeness (QED) is 0.861. The van der Waals surface area contributed by atoms with Crippen LogP contribution >= 0.6 is 11.6 Å². The monoisotopic (exact) mass is 293 g/mol. The van der Waals surface area contributed by atoms with Crippen molar-refractivity contribution in [1.82, 2.24) is 9.78 Å². The van der Waals surface area contributed by atoms with Crippen LogP contribution in [0.2, 0.25) is 5.02 Å². The average Bonchev–Trinajstić information content (AvgIpc) is 2.79. The molecule has 0 saturated carbocycles. The van der Waals surface area contributed by atoms with Crippen molar-refractivity contribution < 1.29 is 9.53 Å². The first kappa shape index (κ1) is 14.4. The van der Waals surface area contributed by atoms with E-state index in [9.17, 15) is 4.79 Å². The molecule has 0 atom stereocenters. The molecule has 2 rings (SSSR count). The van der Waals surface area contributed by atoms with Crippen molar-refractivity contribution >= 4 is 23.3 Å². The summed E-state index contributed by atoms with van der Waals surface area (Å²) in [4.78, 5) is 11.8. The Labute approximate surface area is 122 Å². The Morgan fingerprint density at radius 3 is 2.90 bits per heavy atom. The van der Waals surface area contributed by atoms with Gasteiger partial charge in [-0.3, -0.25) is 4.68 Å². The van der Waals surface area contributed by atoms with Gasteiger partial charge in [-0.2, -0.15) is 5.10 Å². The summed E-state index contributed by atoms with van der Waals surface area (Å²) in [5.41, 5.74) is 2.03. The molecule has 0 spiro atoms. The smallest absolute Gasteiger partial charge is 0.341 e. The van der Waals surface area contributed by atoms with Gasteiger partial charge in [-0.15, -0.1) is 0 Å². The largest absolute Gasteiger partial charge is 0.462 e. The van der Waals surface area contributed by atoms with Gasteiger partial charge in [0.2, 0.25) is 0 Å². The molecule has 2 aromatic rings. The third kappa shape index (κ3) is 3.11. The minimum Gasteiger partial charge on any atom is -0.462 e. The van der Waals surface area contributed by atoms with Crippen molar-refractivity contribution in [2.75, 3.05) is 11.9 Å². The Bertz CT molecular complexity index is 610. The minimum absolute atomic E-state index is 0.338. The lowest BCUT2D eigenvalue weighted by molar-refractivity contribution is 0.0525. The molecular weight excluding hydrogens is 278 g/mol. The predicted molar refractivity (Wildman–Crippen MR) is 77.9 cm³/mol. The highest BCUT2D eigenvalue weighted by molar-refractivity contribution is 6.33. The molecule has 0 aliphatic heterocycles. The summed E-state index contributed by atoms with van der Waals surface area (Å²) in [5.74, 6) is -0.364. The summed E-state index contributed by atoms with van der Waals surface area (Å²) in [6.45, 7) is 2.55. The number of esters is 1. The molecule has 0 bridgehead atoms. The number of para-hydroxylation sites is 1. The zero-order chi connectivity index (χ0) is 14.5. The zero-order valence-electron chi connectivity index (χ0n) is 11.4. The number of aryl methyl sites for hydroxylation is 1. The molecule has 1 aromatic carbocycles. The number of ether oxygens (including phenoxy) is 1. The van der Waals surface area contributed by atoms with Crippen LogP contribution in [0.3, 0.4) is 0 Å². The summed E-state index contributed by atoms with van der Waals surface area (Å²) < 4.78 is 6.66. The van der Waals surface area contributed by atoms with E-state index in [-0.39, 0.29) is 5.97 Å². The van der Waals surface area contributed by atoms with Gasteiger partial charge in [0.05, 0.1) is 35.8 Å². The third-order valence-electron chi connectivity index (χ3n) is 2.88. The number of nitrogens with zero attached hydrogens (tertiary/aromatic N) is 2. The maximum atomic E-state index is 11.8. The fourth-order valence-corrected chi connectivity index (χ4v) is 2.04. The van der Waals surface area contributed by atoms with E-state index >= 15 is 0 Å². The normalized spacial score (nSPS) is 10.3. The van der Waals surface area contributed by atoms with Crippen molar-refractivity contribution in [2.24, 2.45) is 7.05 Å². The molecule has 0 aliphatic carbocycles. The van der Waals surface area contributed by atoms with E-state index in [0.717, 1.165) is 11.4 Å². The molecule has 0 radical (unpaired) electrons. The molecule has 6 heteroatoms. The van der Waals surface area contributed by atoms with Crippen molar-refractivity contribution in [3.05, 3.63) is 46.7 Å². The predicted octanol–water partition coefficient (Wildman–Crippen LogP) is 2.86. The number of carbonyl (C=O) groups is 1. The zero-order valence-corrected chi connectivity index (χ0v) is 12.1. The Balaban J connectivity index is 2.15. The number of nitrogens with one attached hydrogen (secondary N) is 1. The van der Waals surface area contributed by atoms with Crippen molar-refractivity contribution in [1.29, 1.82) is 0 Å². The number of halogens is 1. The van der Waals surface area contributed by atoms with Gasteiger partial charge in [0.25, 0.3) is 0 Å². The van der Waals surface area contributed by atoms with Gasteiger partial charge in [-0.1, -0.05) is 23.7 Å². The molecule has 0 aliphatic rings. The van der Waals surface area contributed by atoms with Crippen molar-refractivity contribution in [3.8, 4) is 0 Å². The minimum atomic E-state index is -0.364. The van der Waals surface area contributed by atoms with Crippen LogP contribution in [0, 0.1) is 0 Å². The Kier molecular flexibility index (Phi) is 4.63. The molecule has 0 saturated heterocycles. The van der Waals surface area contributed by atoms with Crippen LogP contribution < -0.4 is 5.32 Å². The van der Waals surface area contributed by atoms with E-state index in [1.165, 1.54) is 6.20 Å². The summed E-state index contributed by atoms with van der Waals surface area (Å²) in [7, 11) is 1.78. The second-order valence-corrected chi connectivity index (χ2v) is 4.59. The van der Waals surface area contributed by atoms with Crippen LogP contribution in [0.5, 0.6) is 0 Å². The first-order valence-electron chi connectivity index (χ1n) is 6.30. The highest BCUT2D eigenvalue weighted by Crippen LogP contribution is 2.21. The SMILES string of the molecule is CCOC(=O)c1cnn(C)c1CNc1ccccc1Cl. The molecule has 1 heterocycles. The molecule has 1 N–H and O–H groups in total. The van der Waals surface area contributed by atoms with Crippen LogP contribution in [0.1, 0.15) is 23.0 Å². The van der Waals surface area contributed by atoms with E-state index < -0.39 is 0 Å². The molecule has 0 amide bonds.